The molecule has 1 atom stereocenters. The normalized spacial score (nSPS) is 15.4. The maximum absolute atomic E-state index is 14.3. The first-order valence-electron chi connectivity index (χ1n) is 24.6. The van der Waals surface area contributed by atoms with Crippen LogP contribution in [-0.2, 0) is 43.9 Å². The fourth-order valence-corrected chi connectivity index (χ4v) is 9.65. The number of hydrogen-bond acceptors (Lipinski definition) is 12. The van der Waals surface area contributed by atoms with Crippen molar-refractivity contribution in [1.29, 1.82) is 0 Å². The summed E-state index contributed by atoms with van der Waals surface area (Å²) in [6.07, 6.45) is 2.43. The molecule has 0 bridgehead atoms. The molecule has 0 aliphatic carbocycles. The zero-order chi connectivity index (χ0) is 51.9. The number of piperidine rings is 1. The quantitative estimate of drug-likeness (QED) is 0.0444. The molecular formula is C56H67N7O9. The van der Waals surface area contributed by atoms with Crippen LogP contribution < -0.4 is 14.8 Å². The van der Waals surface area contributed by atoms with E-state index in [0.29, 0.717) is 42.9 Å². The van der Waals surface area contributed by atoms with E-state index in [-0.39, 0.29) is 37.4 Å². The van der Waals surface area contributed by atoms with E-state index in [1.807, 2.05) is 56.8 Å². The number of aromatic nitrogens is 3. The summed E-state index contributed by atoms with van der Waals surface area (Å²) < 4.78 is 22.0. The maximum Gasteiger partial charge on any atom is 0.355 e. The number of hydrogen-bond donors (Lipinski definition) is 1. The minimum Gasteiger partial charge on any atom is -0.493 e. The van der Waals surface area contributed by atoms with Crippen LogP contribution in [0.25, 0.3) is 32.8 Å². The van der Waals surface area contributed by atoms with Gasteiger partial charge in [-0.3, -0.25) is 43.8 Å². The SMILES string of the molecule is Cc1c(OCC=O)cccc1C(=O)N(C=O)C1CCC(=O)NC1=O.Cc1ccc2c(CCCOc3cccc4ccccc34)c(C(=O)OC(C)(C)C)n(CCN3CCN(C)CC3)c2c1-c1c(C)nn(C)c1C. The van der Waals surface area contributed by atoms with E-state index in [1.165, 1.54) is 11.6 Å². The number of esters is 1. The number of carbonyl (C=O) groups is 6. The van der Waals surface area contributed by atoms with Gasteiger partial charge in [0.15, 0.2) is 6.29 Å². The Morgan fingerprint density at radius 2 is 1.54 bits per heavy atom. The zero-order valence-electron chi connectivity index (χ0n) is 43.0. The van der Waals surface area contributed by atoms with Crippen molar-refractivity contribution in [2.24, 2.45) is 7.05 Å². The van der Waals surface area contributed by atoms with Gasteiger partial charge in [0, 0.05) is 91.5 Å². The largest absolute Gasteiger partial charge is 0.493 e. The number of ether oxygens (including phenoxy) is 3. The molecule has 0 radical (unpaired) electrons. The molecule has 6 aromatic rings. The lowest BCUT2D eigenvalue weighted by Crippen LogP contribution is -2.53. The molecule has 1 unspecified atom stereocenters. The summed E-state index contributed by atoms with van der Waals surface area (Å²) in [7, 11) is 4.18. The van der Waals surface area contributed by atoms with Gasteiger partial charge in [-0.05, 0) is 109 Å². The van der Waals surface area contributed by atoms with E-state index in [9.17, 15) is 28.8 Å². The topological polar surface area (TPSA) is 175 Å². The number of rotatable bonds is 16. The number of likely N-dealkylation sites (N-methyl/N-ethyl adjacent to an activating group) is 1. The van der Waals surface area contributed by atoms with Crippen molar-refractivity contribution in [3.63, 3.8) is 0 Å². The van der Waals surface area contributed by atoms with Crippen LogP contribution in [0.4, 0.5) is 0 Å². The van der Waals surface area contributed by atoms with Crippen LogP contribution in [0, 0.1) is 27.7 Å². The maximum atomic E-state index is 14.3. The first-order valence-corrected chi connectivity index (χ1v) is 24.6. The fourth-order valence-electron chi connectivity index (χ4n) is 9.65. The van der Waals surface area contributed by atoms with E-state index in [4.69, 9.17) is 19.3 Å². The average molecular weight is 982 g/mol. The molecule has 4 heterocycles. The molecule has 8 rings (SSSR count). The molecule has 4 amide bonds. The van der Waals surface area contributed by atoms with E-state index in [2.05, 4.69) is 77.8 Å². The van der Waals surface area contributed by atoms with Gasteiger partial charge in [0.25, 0.3) is 5.91 Å². The molecule has 0 saturated carbocycles. The van der Waals surface area contributed by atoms with E-state index >= 15 is 0 Å². The highest BCUT2D eigenvalue weighted by Gasteiger charge is 2.36. The van der Waals surface area contributed by atoms with Gasteiger partial charge in [0.1, 0.15) is 35.4 Å². The Kier molecular flexibility index (Phi) is 16.8. The van der Waals surface area contributed by atoms with Gasteiger partial charge in [-0.2, -0.15) is 5.10 Å². The first kappa shape index (κ1) is 52.6. The van der Waals surface area contributed by atoms with Gasteiger partial charge in [-0.1, -0.05) is 54.6 Å². The molecule has 0 spiro atoms. The van der Waals surface area contributed by atoms with Crippen LogP contribution in [0.3, 0.4) is 0 Å². The predicted molar refractivity (Wildman–Crippen MR) is 276 cm³/mol. The number of benzene rings is 4. The minimum absolute atomic E-state index is 0.0511. The van der Waals surface area contributed by atoms with Crippen molar-refractivity contribution in [3.8, 4) is 22.6 Å². The lowest BCUT2D eigenvalue weighted by Gasteiger charge is -2.32. The van der Waals surface area contributed by atoms with Crippen molar-refractivity contribution in [3.05, 3.63) is 112 Å². The van der Waals surface area contributed by atoms with Crippen molar-refractivity contribution >= 4 is 58.1 Å². The zero-order valence-corrected chi connectivity index (χ0v) is 43.0. The first-order chi connectivity index (χ1) is 34.4. The Bertz CT molecular complexity index is 2990. The van der Waals surface area contributed by atoms with Crippen molar-refractivity contribution in [2.45, 2.75) is 92.3 Å². The summed E-state index contributed by atoms with van der Waals surface area (Å²) in [5.41, 5.74) is 8.33. The number of imide groups is 2. The lowest BCUT2D eigenvalue weighted by atomic mass is 9.94. The summed E-state index contributed by atoms with van der Waals surface area (Å²) in [5, 5.41) is 10.3. The molecule has 16 nitrogen and oxygen atoms in total. The molecular weight excluding hydrogens is 915 g/mol. The number of amides is 4. The Morgan fingerprint density at radius 3 is 2.22 bits per heavy atom. The van der Waals surface area contributed by atoms with Gasteiger partial charge < -0.3 is 23.7 Å². The Hall–Kier alpha value is -7.17. The second-order valence-electron chi connectivity index (χ2n) is 19.6. The molecule has 380 valence electrons. The summed E-state index contributed by atoms with van der Waals surface area (Å²) >= 11 is 0. The van der Waals surface area contributed by atoms with Gasteiger partial charge in [0.2, 0.25) is 18.2 Å². The number of aryl methyl sites for hydroxylation is 4. The number of nitrogens with zero attached hydrogens (tertiary/aromatic N) is 6. The van der Waals surface area contributed by atoms with Crippen LogP contribution in [0.1, 0.15) is 89.0 Å². The van der Waals surface area contributed by atoms with Crippen molar-refractivity contribution in [1.82, 2.24) is 34.4 Å². The Balaban J connectivity index is 0.000000266. The molecule has 16 heteroatoms. The highest BCUT2D eigenvalue weighted by molar-refractivity contribution is 6.08. The molecule has 72 heavy (non-hydrogen) atoms. The lowest BCUT2D eigenvalue weighted by molar-refractivity contribution is -0.139. The third-order valence-electron chi connectivity index (χ3n) is 13.4. The third-order valence-corrected chi connectivity index (χ3v) is 13.4. The smallest absolute Gasteiger partial charge is 0.355 e. The fraction of sp³-hybridized carbons (Fsp3) is 0.411. The molecule has 2 saturated heterocycles. The summed E-state index contributed by atoms with van der Waals surface area (Å²) in [5.74, 6) is -0.843. The van der Waals surface area contributed by atoms with Gasteiger partial charge in [-0.25, -0.2) is 4.79 Å². The number of piperazine rings is 1. The van der Waals surface area contributed by atoms with Crippen LogP contribution in [0.2, 0.25) is 0 Å². The van der Waals surface area contributed by atoms with Gasteiger partial charge >= 0.3 is 5.97 Å². The van der Waals surface area contributed by atoms with E-state index in [0.717, 1.165) is 99.5 Å². The highest BCUT2D eigenvalue weighted by Crippen LogP contribution is 2.41. The van der Waals surface area contributed by atoms with Gasteiger partial charge in [-0.15, -0.1) is 0 Å². The third kappa shape index (κ3) is 11.8. The number of nitrogens with one attached hydrogen (secondary N) is 1. The van der Waals surface area contributed by atoms with Gasteiger partial charge in [0.05, 0.1) is 17.8 Å². The van der Waals surface area contributed by atoms with Crippen molar-refractivity contribution < 1.29 is 43.0 Å². The van der Waals surface area contributed by atoms with Crippen molar-refractivity contribution in [2.75, 3.05) is 53.0 Å². The summed E-state index contributed by atoms with van der Waals surface area (Å²) in [6.45, 7) is 19.9. The second kappa shape index (κ2) is 22.9. The molecule has 1 N–H and O–H groups in total. The van der Waals surface area contributed by atoms with E-state index in [1.54, 1.807) is 19.1 Å². The predicted octanol–water partition coefficient (Wildman–Crippen LogP) is 7.31. The average Bonchev–Trinajstić information content (AvgIpc) is 3.80. The number of carbonyl (C=O) groups excluding carboxylic acids is 6. The van der Waals surface area contributed by atoms with Crippen LogP contribution >= 0.6 is 0 Å². The van der Waals surface area contributed by atoms with Crippen LogP contribution in [0.15, 0.2) is 72.8 Å². The minimum atomic E-state index is -1.04. The summed E-state index contributed by atoms with van der Waals surface area (Å²) in [6, 6.07) is 22.5. The van der Waals surface area contributed by atoms with E-state index < -0.39 is 29.4 Å². The Morgan fingerprint density at radius 1 is 0.833 bits per heavy atom. The van der Waals surface area contributed by atoms with Crippen LogP contribution in [0.5, 0.6) is 11.5 Å². The molecule has 2 aromatic heterocycles. The summed E-state index contributed by atoms with van der Waals surface area (Å²) in [4.78, 5) is 77.5. The standard InChI is InChI=1S/C40H51N5O3.C16H16N2O6/c1-27-18-19-33-32(16-12-26-47-34-17-11-14-30-13-9-10-15-31(30)34)38(39(46)48-40(4,5)6)45(25-24-44-22-20-42(7)21-23-44)37(33)35(27)36-28(2)41-43(8)29(36)3;1-10-11(3-2-4-13(10)24-8-7-19)16(23)18(9-20)12-5-6-14(21)17-15(12)22/h9-11,13-15,17-19H,12,16,20-26H2,1-8H3;2-4,7,9,12H,5-6,8H2,1H3,(H,17,21,22). The molecule has 2 aliphatic heterocycles. The van der Waals surface area contributed by atoms with Crippen LogP contribution in [-0.4, -0.2) is 130 Å². The Labute approximate surface area is 421 Å². The highest BCUT2D eigenvalue weighted by atomic mass is 16.6. The molecule has 4 aromatic carbocycles. The molecule has 2 aliphatic rings. The number of aldehydes is 1. The monoisotopic (exact) mass is 982 g/mol. The molecule has 2 fully saturated rings. The number of fused-ring (bicyclic) bond motifs is 2. The second-order valence-corrected chi connectivity index (χ2v) is 19.6.